The molecule has 5 heteroatoms. The van der Waals surface area contributed by atoms with Crippen LogP contribution in [0.15, 0.2) is 60.2 Å². The molecule has 1 aromatic carbocycles. The molecule has 25 heavy (non-hydrogen) atoms. The van der Waals surface area contributed by atoms with Crippen molar-refractivity contribution in [3.8, 4) is 11.3 Å². The molecule has 2 heterocycles. The second kappa shape index (κ2) is 8.03. The van der Waals surface area contributed by atoms with Crippen molar-refractivity contribution in [1.82, 2.24) is 9.97 Å². The van der Waals surface area contributed by atoms with Crippen molar-refractivity contribution < 1.29 is 4.79 Å². The summed E-state index contributed by atoms with van der Waals surface area (Å²) in [6.07, 6.45) is 4.44. The highest BCUT2D eigenvalue weighted by molar-refractivity contribution is 7.14. The average molecular weight is 351 g/mol. The first-order valence-corrected chi connectivity index (χ1v) is 9.28. The van der Waals surface area contributed by atoms with Crippen molar-refractivity contribution in [3.63, 3.8) is 0 Å². The van der Waals surface area contributed by atoms with Gasteiger partial charge in [-0.15, -0.1) is 11.3 Å². The Bertz CT molecular complexity index is 817. The fraction of sp³-hybridized carbons (Fsp3) is 0.250. The monoisotopic (exact) mass is 351 g/mol. The Morgan fingerprint density at radius 1 is 1.20 bits per heavy atom. The van der Waals surface area contributed by atoms with Gasteiger partial charge in [0.1, 0.15) is 0 Å². The van der Waals surface area contributed by atoms with Gasteiger partial charge in [-0.1, -0.05) is 50.6 Å². The predicted octanol–water partition coefficient (Wildman–Crippen LogP) is 4.97. The summed E-state index contributed by atoms with van der Waals surface area (Å²) >= 11 is 1.43. The normalized spacial score (nSPS) is 13.2. The van der Waals surface area contributed by atoms with Gasteiger partial charge in [0.15, 0.2) is 5.13 Å². The number of amides is 1. The van der Waals surface area contributed by atoms with E-state index in [-0.39, 0.29) is 17.7 Å². The third-order valence-corrected chi connectivity index (χ3v) is 5.10. The maximum absolute atomic E-state index is 12.9. The molecule has 0 saturated heterocycles. The van der Waals surface area contributed by atoms with E-state index >= 15 is 0 Å². The molecule has 0 aliphatic rings. The average Bonchev–Trinajstić information content (AvgIpc) is 3.12. The summed E-state index contributed by atoms with van der Waals surface area (Å²) in [6.45, 7) is 4.22. The largest absolute Gasteiger partial charge is 0.301 e. The van der Waals surface area contributed by atoms with E-state index in [9.17, 15) is 4.79 Å². The molecule has 0 spiro atoms. The van der Waals surface area contributed by atoms with Gasteiger partial charge < -0.3 is 5.32 Å². The number of hydrogen-bond acceptors (Lipinski definition) is 4. The number of carbonyl (C=O) groups is 1. The van der Waals surface area contributed by atoms with Gasteiger partial charge in [-0.05, 0) is 23.6 Å². The fourth-order valence-electron chi connectivity index (χ4n) is 2.80. The Morgan fingerprint density at radius 2 is 2.00 bits per heavy atom. The molecule has 1 N–H and O–H groups in total. The number of aromatic nitrogens is 2. The molecule has 128 valence electrons. The molecular weight excluding hydrogens is 330 g/mol. The van der Waals surface area contributed by atoms with Crippen LogP contribution in [0.3, 0.4) is 0 Å². The minimum Gasteiger partial charge on any atom is -0.301 e. The van der Waals surface area contributed by atoms with Crippen LogP contribution < -0.4 is 5.32 Å². The zero-order valence-corrected chi connectivity index (χ0v) is 15.2. The van der Waals surface area contributed by atoms with E-state index in [0.29, 0.717) is 5.13 Å². The molecule has 1 amide bonds. The zero-order chi connectivity index (χ0) is 17.6. The number of pyridine rings is 1. The summed E-state index contributed by atoms with van der Waals surface area (Å²) in [5.74, 6) is 0.0599. The van der Waals surface area contributed by atoms with Crippen molar-refractivity contribution in [2.75, 3.05) is 5.32 Å². The molecule has 2 aromatic heterocycles. The van der Waals surface area contributed by atoms with Gasteiger partial charge in [0.2, 0.25) is 5.91 Å². The van der Waals surface area contributed by atoms with Crippen LogP contribution in [-0.2, 0) is 4.79 Å². The molecule has 0 aliphatic heterocycles. The van der Waals surface area contributed by atoms with Gasteiger partial charge in [0.05, 0.1) is 11.6 Å². The van der Waals surface area contributed by atoms with E-state index in [4.69, 9.17) is 0 Å². The summed E-state index contributed by atoms with van der Waals surface area (Å²) in [5.41, 5.74) is 2.81. The molecule has 4 nitrogen and oxygen atoms in total. The maximum atomic E-state index is 12.9. The Kier molecular flexibility index (Phi) is 5.56. The molecule has 0 aliphatic carbocycles. The zero-order valence-electron chi connectivity index (χ0n) is 14.3. The van der Waals surface area contributed by atoms with Gasteiger partial charge in [-0.2, -0.15) is 0 Å². The predicted molar refractivity (Wildman–Crippen MR) is 103 cm³/mol. The molecule has 0 unspecified atom stereocenters. The molecule has 0 saturated carbocycles. The third-order valence-electron chi connectivity index (χ3n) is 4.35. The van der Waals surface area contributed by atoms with Crippen LogP contribution >= 0.6 is 11.3 Å². The summed E-state index contributed by atoms with van der Waals surface area (Å²) in [6, 6.07) is 13.8. The number of rotatable bonds is 6. The smallest absolute Gasteiger partial charge is 0.233 e. The summed E-state index contributed by atoms with van der Waals surface area (Å²) in [5, 5.41) is 5.55. The van der Waals surface area contributed by atoms with Crippen molar-refractivity contribution in [1.29, 1.82) is 0 Å². The van der Waals surface area contributed by atoms with Crippen LogP contribution in [0.25, 0.3) is 11.3 Å². The lowest BCUT2D eigenvalue weighted by Gasteiger charge is -2.22. The molecule has 0 radical (unpaired) electrons. The van der Waals surface area contributed by atoms with Crippen LogP contribution in [0.2, 0.25) is 0 Å². The van der Waals surface area contributed by atoms with Crippen LogP contribution in [0.4, 0.5) is 5.13 Å². The molecule has 0 fully saturated rings. The number of anilines is 1. The first kappa shape index (κ1) is 17.3. The van der Waals surface area contributed by atoms with Crippen LogP contribution in [0, 0.1) is 5.92 Å². The summed E-state index contributed by atoms with van der Waals surface area (Å²) in [4.78, 5) is 21.5. The minimum atomic E-state index is -0.183. The van der Waals surface area contributed by atoms with Gasteiger partial charge in [-0.3, -0.25) is 9.78 Å². The first-order chi connectivity index (χ1) is 12.2. The van der Waals surface area contributed by atoms with Gasteiger partial charge >= 0.3 is 0 Å². The Hall–Kier alpha value is -2.53. The number of thiazole rings is 1. The van der Waals surface area contributed by atoms with Crippen LogP contribution in [0.5, 0.6) is 0 Å². The molecule has 0 bridgehead atoms. The highest BCUT2D eigenvalue weighted by Gasteiger charge is 2.26. The van der Waals surface area contributed by atoms with E-state index in [2.05, 4.69) is 29.1 Å². The van der Waals surface area contributed by atoms with E-state index < -0.39 is 0 Å². The van der Waals surface area contributed by atoms with Crippen molar-refractivity contribution in [2.45, 2.75) is 26.2 Å². The molecule has 3 aromatic rings. The SMILES string of the molecule is CC[C@H](C)[C@H](C(=O)Nc1nc(-c2cccnc2)cs1)c1ccccc1. The highest BCUT2D eigenvalue weighted by Crippen LogP contribution is 2.30. The van der Waals surface area contributed by atoms with E-state index in [1.165, 1.54) is 11.3 Å². The van der Waals surface area contributed by atoms with Crippen molar-refractivity contribution in [3.05, 3.63) is 65.8 Å². The third kappa shape index (κ3) is 4.12. The molecule has 2 atom stereocenters. The second-order valence-electron chi connectivity index (χ2n) is 6.04. The number of hydrogen-bond donors (Lipinski definition) is 1. The maximum Gasteiger partial charge on any atom is 0.233 e. The quantitative estimate of drug-likeness (QED) is 0.682. The number of carbonyl (C=O) groups excluding carboxylic acids is 1. The van der Waals surface area contributed by atoms with Crippen LogP contribution in [0.1, 0.15) is 31.7 Å². The highest BCUT2D eigenvalue weighted by atomic mass is 32.1. The Balaban J connectivity index is 1.79. The lowest BCUT2D eigenvalue weighted by atomic mass is 9.85. The van der Waals surface area contributed by atoms with Crippen LogP contribution in [-0.4, -0.2) is 15.9 Å². The first-order valence-electron chi connectivity index (χ1n) is 8.40. The minimum absolute atomic E-state index is 0.00682. The van der Waals surface area contributed by atoms with Crippen molar-refractivity contribution >= 4 is 22.4 Å². The lowest BCUT2D eigenvalue weighted by molar-refractivity contribution is -0.118. The number of nitrogens with zero attached hydrogens (tertiary/aromatic N) is 2. The summed E-state index contributed by atoms with van der Waals surface area (Å²) in [7, 11) is 0. The van der Waals surface area contributed by atoms with E-state index in [1.54, 1.807) is 12.4 Å². The lowest BCUT2D eigenvalue weighted by Crippen LogP contribution is -2.26. The number of benzene rings is 1. The number of nitrogens with one attached hydrogen (secondary N) is 1. The summed E-state index contributed by atoms with van der Waals surface area (Å²) < 4.78 is 0. The Morgan fingerprint density at radius 3 is 2.68 bits per heavy atom. The fourth-order valence-corrected chi connectivity index (χ4v) is 3.52. The van der Waals surface area contributed by atoms with E-state index in [0.717, 1.165) is 23.2 Å². The van der Waals surface area contributed by atoms with E-state index in [1.807, 2.05) is 47.8 Å². The molecular formula is C20H21N3OS. The Labute approximate surface area is 152 Å². The van der Waals surface area contributed by atoms with Gasteiger partial charge in [0.25, 0.3) is 0 Å². The second-order valence-corrected chi connectivity index (χ2v) is 6.90. The van der Waals surface area contributed by atoms with Crippen molar-refractivity contribution in [2.24, 2.45) is 5.92 Å². The topological polar surface area (TPSA) is 54.9 Å². The van der Waals surface area contributed by atoms with Gasteiger partial charge in [0, 0.05) is 23.3 Å². The standard InChI is InChI=1S/C20H21N3OS/c1-3-14(2)18(15-8-5-4-6-9-15)19(24)23-20-22-17(13-25-20)16-10-7-11-21-12-16/h4-14,18H,3H2,1-2H3,(H,22,23,24)/t14-,18-/m0/s1. The molecule has 3 rings (SSSR count). The van der Waals surface area contributed by atoms with Gasteiger partial charge in [-0.25, -0.2) is 4.98 Å².